The Kier molecular flexibility index (Phi) is 4.62. The quantitative estimate of drug-likeness (QED) is 0.666. The number of hydrogen-bond donors (Lipinski definition) is 1. The monoisotopic (exact) mass is 340 g/mol. The zero-order chi connectivity index (χ0) is 17.2. The van der Waals surface area contributed by atoms with E-state index in [4.69, 9.17) is 0 Å². The molecule has 0 radical (unpaired) electrons. The normalized spacial score (nSPS) is 20.3. The number of thioether (sulfide) groups is 1. The predicted molar refractivity (Wildman–Crippen MR) is 95.7 cm³/mol. The van der Waals surface area contributed by atoms with Crippen molar-refractivity contribution in [3.05, 3.63) is 65.7 Å². The minimum atomic E-state index is -0.961. The predicted octanol–water partition coefficient (Wildman–Crippen LogP) is 3.77. The first-order valence-corrected chi connectivity index (χ1v) is 9.16. The van der Waals surface area contributed by atoms with Crippen molar-refractivity contribution in [1.82, 2.24) is 10.2 Å². The van der Waals surface area contributed by atoms with Gasteiger partial charge in [0.2, 0.25) is 0 Å². The Labute approximate surface area is 146 Å². The number of urea groups is 1. The van der Waals surface area contributed by atoms with Crippen molar-refractivity contribution in [3.63, 3.8) is 0 Å². The summed E-state index contributed by atoms with van der Waals surface area (Å²) in [5.74, 6) is -0.185. The molecule has 124 valence electrons. The molecule has 3 amide bonds. The summed E-state index contributed by atoms with van der Waals surface area (Å²) in [5, 5.41) is 2.91. The largest absolute Gasteiger partial charge is 0.325 e. The van der Waals surface area contributed by atoms with Gasteiger partial charge in [0.25, 0.3) is 5.91 Å². The third kappa shape index (κ3) is 2.80. The second kappa shape index (κ2) is 6.69. The van der Waals surface area contributed by atoms with Gasteiger partial charge in [-0.2, -0.15) is 0 Å². The number of carbonyl (C=O) groups is 2. The van der Waals surface area contributed by atoms with Gasteiger partial charge < -0.3 is 5.32 Å². The average Bonchev–Trinajstić information content (AvgIpc) is 2.88. The van der Waals surface area contributed by atoms with Gasteiger partial charge in [-0.1, -0.05) is 49.4 Å². The van der Waals surface area contributed by atoms with Crippen LogP contribution in [0.3, 0.4) is 0 Å². The van der Waals surface area contributed by atoms with Crippen molar-refractivity contribution in [2.45, 2.75) is 30.3 Å². The van der Waals surface area contributed by atoms with Gasteiger partial charge >= 0.3 is 6.03 Å². The highest BCUT2D eigenvalue weighted by Crippen LogP contribution is 2.33. The maximum Gasteiger partial charge on any atom is 0.325 e. The SMILES string of the molecule is CCC1(c2ccccc2)NC(=O)N(Cc2ccc(SC)cc2)C1=O. The summed E-state index contributed by atoms with van der Waals surface area (Å²) in [5.41, 5.74) is 0.805. The molecule has 1 atom stereocenters. The lowest BCUT2D eigenvalue weighted by Gasteiger charge is -2.25. The Morgan fingerprint density at radius 2 is 1.71 bits per heavy atom. The second-order valence-corrected chi connectivity index (χ2v) is 6.67. The van der Waals surface area contributed by atoms with E-state index in [1.165, 1.54) is 4.90 Å². The van der Waals surface area contributed by atoms with E-state index in [1.807, 2.05) is 67.8 Å². The Balaban J connectivity index is 1.88. The Bertz CT molecular complexity index is 746. The molecule has 3 rings (SSSR count). The van der Waals surface area contributed by atoms with Gasteiger partial charge in [-0.05, 0) is 35.9 Å². The Morgan fingerprint density at radius 1 is 1.04 bits per heavy atom. The molecule has 1 saturated heterocycles. The third-order valence-electron chi connectivity index (χ3n) is 4.47. The number of amides is 3. The molecule has 1 fully saturated rings. The summed E-state index contributed by atoms with van der Waals surface area (Å²) >= 11 is 1.66. The lowest BCUT2D eigenvalue weighted by molar-refractivity contribution is -0.132. The van der Waals surface area contributed by atoms with Crippen LogP contribution in [0.1, 0.15) is 24.5 Å². The van der Waals surface area contributed by atoms with Crippen LogP contribution in [0.2, 0.25) is 0 Å². The first kappa shape index (κ1) is 16.6. The van der Waals surface area contributed by atoms with E-state index in [-0.39, 0.29) is 18.5 Å². The summed E-state index contributed by atoms with van der Waals surface area (Å²) in [6.45, 7) is 2.20. The molecule has 0 saturated carbocycles. The molecular formula is C19H20N2O2S. The smallest absolute Gasteiger partial charge is 0.319 e. The standard InChI is InChI=1S/C19H20N2O2S/c1-3-19(15-7-5-4-6-8-15)17(22)21(18(23)20-19)13-14-9-11-16(24-2)12-10-14/h4-12H,3,13H2,1-2H3,(H,20,23). The summed E-state index contributed by atoms with van der Waals surface area (Å²) in [4.78, 5) is 28.0. The Hall–Kier alpha value is -2.27. The van der Waals surface area contributed by atoms with Crippen LogP contribution in [0.25, 0.3) is 0 Å². The van der Waals surface area contributed by atoms with Crippen molar-refractivity contribution >= 4 is 23.7 Å². The topological polar surface area (TPSA) is 49.4 Å². The first-order chi connectivity index (χ1) is 11.6. The minimum absolute atomic E-state index is 0.185. The molecule has 1 N–H and O–H groups in total. The highest BCUT2D eigenvalue weighted by Gasteiger charge is 2.50. The van der Waals surface area contributed by atoms with Crippen LogP contribution in [0.4, 0.5) is 4.79 Å². The van der Waals surface area contributed by atoms with Crippen LogP contribution in [0.5, 0.6) is 0 Å². The van der Waals surface area contributed by atoms with E-state index in [2.05, 4.69) is 5.32 Å². The van der Waals surface area contributed by atoms with Crippen LogP contribution in [-0.4, -0.2) is 23.1 Å². The zero-order valence-corrected chi connectivity index (χ0v) is 14.6. The van der Waals surface area contributed by atoms with Crippen LogP contribution < -0.4 is 5.32 Å². The van der Waals surface area contributed by atoms with Crippen LogP contribution >= 0.6 is 11.8 Å². The molecule has 2 aromatic rings. The van der Waals surface area contributed by atoms with E-state index in [0.29, 0.717) is 6.42 Å². The molecule has 4 nitrogen and oxygen atoms in total. The summed E-state index contributed by atoms with van der Waals surface area (Å²) in [6.07, 6.45) is 2.53. The first-order valence-electron chi connectivity index (χ1n) is 7.93. The van der Waals surface area contributed by atoms with Gasteiger partial charge in [-0.15, -0.1) is 11.8 Å². The van der Waals surface area contributed by atoms with E-state index in [9.17, 15) is 9.59 Å². The van der Waals surface area contributed by atoms with Crippen LogP contribution in [-0.2, 0) is 16.9 Å². The number of nitrogens with one attached hydrogen (secondary N) is 1. The van der Waals surface area contributed by atoms with Gasteiger partial charge in [-0.3, -0.25) is 9.69 Å². The highest BCUT2D eigenvalue weighted by molar-refractivity contribution is 7.98. The summed E-state index contributed by atoms with van der Waals surface area (Å²) in [6, 6.07) is 17.0. The number of nitrogens with zero attached hydrogens (tertiary/aromatic N) is 1. The maximum absolute atomic E-state index is 13.0. The number of rotatable bonds is 5. The zero-order valence-electron chi connectivity index (χ0n) is 13.8. The summed E-state index contributed by atoms with van der Waals surface area (Å²) < 4.78 is 0. The molecule has 0 spiro atoms. The van der Waals surface area contributed by atoms with Gasteiger partial charge in [0.05, 0.1) is 6.54 Å². The minimum Gasteiger partial charge on any atom is -0.319 e. The molecular weight excluding hydrogens is 320 g/mol. The number of benzene rings is 2. The van der Waals surface area contributed by atoms with Crippen LogP contribution in [0, 0.1) is 0 Å². The fraction of sp³-hybridized carbons (Fsp3) is 0.263. The van der Waals surface area contributed by atoms with E-state index in [1.54, 1.807) is 11.8 Å². The number of carbonyl (C=O) groups excluding carboxylic acids is 2. The average molecular weight is 340 g/mol. The molecule has 5 heteroatoms. The fourth-order valence-electron chi connectivity index (χ4n) is 3.05. The third-order valence-corrected chi connectivity index (χ3v) is 5.22. The van der Waals surface area contributed by atoms with Crippen LogP contribution in [0.15, 0.2) is 59.5 Å². The molecule has 1 heterocycles. The molecule has 0 aromatic heterocycles. The summed E-state index contributed by atoms with van der Waals surface area (Å²) in [7, 11) is 0. The van der Waals surface area contributed by atoms with Crippen molar-refractivity contribution < 1.29 is 9.59 Å². The van der Waals surface area contributed by atoms with Crippen molar-refractivity contribution in [3.8, 4) is 0 Å². The van der Waals surface area contributed by atoms with E-state index >= 15 is 0 Å². The van der Waals surface area contributed by atoms with Gasteiger partial charge in [0.1, 0.15) is 5.54 Å². The second-order valence-electron chi connectivity index (χ2n) is 5.79. The molecule has 24 heavy (non-hydrogen) atoms. The Morgan fingerprint density at radius 3 is 2.29 bits per heavy atom. The lowest BCUT2D eigenvalue weighted by Crippen LogP contribution is -2.43. The van der Waals surface area contributed by atoms with E-state index < -0.39 is 5.54 Å². The van der Waals surface area contributed by atoms with Crippen molar-refractivity contribution in [2.75, 3.05) is 6.26 Å². The highest BCUT2D eigenvalue weighted by atomic mass is 32.2. The molecule has 1 unspecified atom stereocenters. The fourth-order valence-corrected chi connectivity index (χ4v) is 3.45. The van der Waals surface area contributed by atoms with Gasteiger partial charge in [-0.25, -0.2) is 4.79 Å². The van der Waals surface area contributed by atoms with E-state index in [0.717, 1.165) is 16.0 Å². The molecule has 1 aliphatic rings. The molecule has 0 aliphatic carbocycles. The van der Waals surface area contributed by atoms with Gasteiger partial charge in [0, 0.05) is 4.90 Å². The van der Waals surface area contributed by atoms with Crippen molar-refractivity contribution in [1.29, 1.82) is 0 Å². The molecule has 2 aromatic carbocycles. The number of hydrogen-bond acceptors (Lipinski definition) is 3. The molecule has 0 bridgehead atoms. The number of imide groups is 1. The lowest BCUT2D eigenvalue weighted by atomic mass is 9.87. The molecule has 1 aliphatic heterocycles. The van der Waals surface area contributed by atoms with Gasteiger partial charge in [0.15, 0.2) is 0 Å². The maximum atomic E-state index is 13.0. The van der Waals surface area contributed by atoms with Crippen molar-refractivity contribution in [2.24, 2.45) is 0 Å².